The summed E-state index contributed by atoms with van der Waals surface area (Å²) in [6.07, 6.45) is -0.368. The van der Waals surface area contributed by atoms with Crippen LogP contribution in [0.1, 0.15) is 23.1 Å². The number of nitriles is 1. The quantitative estimate of drug-likeness (QED) is 0.384. The van der Waals surface area contributed by atoms with E-state index in [9.17, 15) is 8.78 Å². The minimum atomic E-state index is -1.10. The number of aromatic amines is 1. The molecule has 2 heterocycles. The van der Waals surface area contributed by atoms with Crippen molar-refractivity contribution in [3.8, 4) is 5.40 Å². The SMILES string of the molecule is N#CSc1n[nH]c(C[C@]2(c3ccc(F)cc3F)O[C@H]2c2ccccc2Cl)n1. The standard InChI is InChI=1S/C18H11ClF2N4OS/c19-13-4-2-1-3-11(13)16-18(26-16,12-6-5-10(20)7-14(12)21)8-15-23-17(25-24-15)27-9-22/h1-7,16H,8H2,(H,23,24,25)/t16-,18+/m0/s1. The van der Waals surface area contributed by atoms with Crippen LogP contribution in [0.3, 0.4) is 0 Å². The number of thiocyanates is 1. The average Bonchev–Trinajstić information content (AvgIpc) is 3.16. The van der Waals surface area contributed by atoms with Crippen LogP contribution in [-0.4, -0.2) is 15.2 Å². The van der Waals surface area contributed by atoms with Gasteiger partial charge in [0.2, 0.25) is 5.16 Å². The summed E-state index contributed by atoms with van der Waals surface area (Å²) in [5.74, 6) is -0.963. The number of epoxide rings is 1. The largest absolute Gasteiger partial charge is 0.355 e. The first-order valence-electron chi connectivity index (χ1n) is 7.88. The Hall–Kier alpha value is -2.47. The average molecular weight is 405 g/mol. The maximum Gasteiger partial charge on any atom is 0.223 e. The zero-order valence-corrected chi connectivity index (χ0v) is 15.2. The second kappa shape index (κ2) is 6.93. The summed E-state index contributed by atoms with van der Waals surface area (Å²) in [5.41, 5.74) is -0.189. The topological polar surface area (TPSA) is 77.9 Å². The van der Waals surface area contributed by atoms with Crippen molar-refractivity contribution in [2.24, 2.45) is 0 Å². The van der Waals surface area contributed by atoms with E-state index in [2.05, 4.69) is 15.2 Å². The zero-order valence-electron chi connectivity index (χ0n) is 13.6. The van der Waals surface area contributed by atoms with Gasteiger partial charge in [0.1, 0.15) is 34.6 Å². The molecule has 0 amide bonds. The number of nitrogens with one attached hydrogen (secondary N) is 1. The molecule has 2 atom stereocenters. The summed E-state index contributed by atoms with van der Waals surface area (Å²) < 4.78 is 33.9. The summed E-state index contributed by atoms with van der Waals surface area (Å²) in [4.78, 5) is 4.21. The maximum absolute atomic E-state index is 14.6. The van der Waals surface area contributed by atoms with Crippen LogP contribution in [0.5, 0.6) is 0 Å². The van der Waals surface area contributed by atoms with Crippen LogP contribution in [0.15, 0.2) is 47.6 Å². The molecule has 0 aliphatic carbocycles. The smallest absolute Gasteiger partial charge is 0.223 e. The van der Waals surface area contributed by atoms with E-state index in [1.807, 2.05) is 11.5 Å². The van der Waals surface area contributed by atoms with Gasteiger partial charge in [0.15, 0.2) is 0 Å². The molecule has 1 aliphatic rings. The van der Waals surface area contributed by atoms with Crippen molar-refractivity contribution >= 4 is 23.4 Å². The van der Waals surface area contributed by atoms with E-state index in [1.165, 1.54) is 12.1 Å². The van der Waals surface area contributed by atoms with Crippen molar-refractivity contribution < 1.29 is 13.5 Å². The van der Waals surface area contributed by atoms with Crippen molar-refractivity contribution in [1.29, 1.82) is 5.26 Å². The van der Waals surface area contributed by atoms with Crippen LogP contribution >= 0.6 is 23.4 Å². The Kier molecular flexibility index (Phi) is 4.60. The number of halogens is 3. The van der Waals surface area contributed by atoms with E-state index in [4.69, 9.17) is 21.6 Å². The Balaban J connectivity index is 1.75. The van der Waals surface area contributed by atoms with E-state index < -0.39 is 23.3 Å². The molecule has 3 aromatic rings. The molecule has 136 valence electrons. The van der Waals surface area contributed by atoms with E-state index in [0.717, 1.165) is 17.8 Å². The highest BCUT2D eigenvalue weighted by Crippen LogP contribution is 2.60. The molecule has 0 unspecified atom stereocenters. The predicted molar refractivity (Wildman–Crippen MR) is 94.9 cm³/mol. The first-order chi connectivity index (χ1) is 13.0. The molecule has 27 heavy (non-hydrogen) atoms. The van der Waals surface area contributed by atoms with Gasteiger partial charge in [0.25, 0.3) is 0 Å². The fourth-order valence-electron chi connectivity index (χ4n) is 3.14. The van der Waals surface area contributed by atoms with Crippen LogP contribution in [0.25, 0.3) is 0 Å². The summed E-state index contributed by atoms with van der Waals surface area (Å²) in [6.45, 7) is 0. The molecule has 9 heteroatoms. The van der Waals surface area contributed by atoms with Gasteiger partial charge >= 0.3 is 0 Å². The first kappa shape index (κ1) is 17.9. The normalized spacial score (nSPS) is 21.0. The van der Waals surface area contributed by atoms with Crippen molar-refractivity contribution in [1.82, 2.24) is 15.2 Å². The Labute approximate surface area is 162 Å². The number of benzene rings is 2. The summed E-state index contributed by atoms with van der Waals surface area (Å²) in [7, 11) is 0. The van der Waals surface area contributed by atoms with Crippen molar-refractivity contribution in [2.45, 2.75) is 23.3 Å². The highest BCUT2D eigenvalue weighted by atomic mass is 35.5. The van der Waals surface area contributed by atoms with E-state index in [1.54, 1.807) is 18.2 Å². The second-order valence-corrected chi connectivity index (χ2v) is 7.13. The molecule has 0 bridgehead atoms. The van der Waals surface area contributed by atoms with Gasteiger partial charge in [-0.1, -0.05) is 35.9 Å². The van der Waals surface area contributed by atoms with E-state index in [-0.39, 0.29) is 17.1 Å². The molecule has 4 rings (SSSR count). The first-order valence-corrected chi connectivity index (χ1v) is 9.08. The Morgan fingerprint density at radius 2 is 2.11 bits per heavy atom. The molecule has 1 saturated heterocycles. The molecule has 1 fully saturated rings. The third-order valence-corrected chi connectivity index (χ3v) is 5.15. The lowest BCUT2D eigenvalue weighted by atomic mass is 9.88. The predicted octanol–water partition coefficient (Wildman–Crippen LogP) is 4.52. The summed E-state index contributed by atoms with van der Waals surface area (Å²) in [6, 6.07) is 10.5. The van der Waals surface area contributed by atoms with Gasteiger partial charge in [-0.3, -0.25) is 5.10 Å². The molecule has 0 radical (unpaired) electrons. The number of H-pyrrole nitrogens is 1. The van der Waals surface area contributed by atoms with Crippen LogP contribution in [0, 0.1) is 22.3 Å². The highest BCUT2D eigenvalue weighted by Gasteiger charge is 2.60. The third-order valence-electron chi connectivity index (χ3n) is 4.35. The third kappa shape index (κ3) is 3.30. The number of nitrogens with zero attached hydrogens (tertiary/aromatic N) is 3. The Morgan fingerprint density at radius 3 is 2.85 bits per heavy atom. The van der Waals surface area contributed by atoms with Crippen molar-refractivity contribution in [3.05, 3.63) is 76.1 Å². The number of ether oxygens (including phenoxy) is 1. The molecule has 0 spiro atoms. The van der Waals surface area contributed by atoms with E-state index in [0.29, 0.717) is 16.4 Å². The van der Waals surface area contributed by atoms with Crippen LogP contribution in [-0.2, 0) is 16.8 Å². The van der Waals surface area contributed by atoms with Gasteiger partial charge in [0, 0.05) is 40.4 Å². The number of aromatic nitrogens is 3. The summed E-state index contributed by atoms with van der Waals surface area (Å²) >= 11 is 7.09. The molecule has 1 aliphatic heterocycles. The lowest BCUT2D eigenvalue weighted by molar-refractivity contribution is 0.285. The zero-order chi connectivity index (χ0) is 19.0. The fourth-order valence-corrected chi connectivity index (χ4v) is 3.70. The van der Waals surface area contributed by atoms with Crippen LogP contribution in [0.2, 0.25) is 5.02 Å². The van der Waals surface area contributed by atoms with Crippen molar-refractivity contribution in [2.75, 3.05) is 0 Å². The minimum Gasteiger partial charge on any atom is -0.355 e. The maximum atomic E-state index is 14.6. The molecule has 2 aromatic carbocycles. The Bertz CT molecular complexity index is 1050. The lowest BCUT2D eigenvalue weighted by Crippen LogP contribution is -2.17. The molecular weight excluding hydrogens is 394 g/mol. The molecule has 0 saturated carbocycles. The molecular formula is C18H11ClF2N4OS. The highest BCUT2D eigenvalue weighted by molar-refractivity contribution is 8.03. The summed E-state index contributed by atoms with van der Waals surface area (Å²) in [5, 5.41) is 18.0. The van der Waals surface area contributed by atoms with Gasteiger partial charge < -0.3 is 4.74 Å². The number of hydrogen-bond donors (Lipinski definition) is 1. The van der Waals surface area contributed by atoms with Gasteiger partial charge in [0.05, 0.1) is 0 Å². The molecule has 5 nitrogen and oxygen atoms in total. The van der Waals surface area contributed by atoms with Gasteiger partial charge in [-0.2, -0.15) is 5.26 Å². The van der Waals surface area contributed by atoms with Crippen LogP contribution < -0.4 is 0 Å². The number of rotatable bonds is 5. The van der Waals surface area contributed by atoms with Crippen molar-refractivity contribution in [3.63, 3.8) is 0 Å². The van der Waals surface area contributed by atoms with E-state index >= 15 is 0 Å². The van der Waals surface area contributed by atoms with Gasteiger partial charge in [-0.05, 0) is 12.1 Å². The monoisotopic (exact) mass is 404 g/mol. The number of thioether (sulfide) groups is 1. The lowest BCUT2D eigenvalue weighted by Gasteiger charge is -2.14. The van der Waals surface area contributed by atoms with Gasteiger partial charge in [-0.25, -0.2) is 13.8 Å². The number of hydrogen-bond acceptors (Lipinski definition) is 5. The van der Waals surface area contributed by atoms with Gasteiger partial charge in [-0.15, -0.1) is 5.10 Å². The second-order valence-electron chi connectivity index (χ2n) is 5.97. The molecule has 1 aromatic heterocycles. The molecule has 1 N–H and O–H groups in total. The fraction of sp³-hybridized carbons (Fsp3) is 0.167. The Morgan fingerprint density at radius 1 is 1.30 bits per heavy atom. The van der Waals surface area contributed by atoms with Crippen LogP contribution in [0.4, 0.5) is 8.78 Å². The minimum absolute atomic E-state index is 0.157.